The molecule has 0 N–H and O–H groups in total. The highest BCUT2D eigenvalue weighted by Gasteiger charge is 2.27. The summed E-state index contributed by atoms with van der Waals surface area (Å²) in [6, 6.07) is 5.41. The van der Waals surface area contributed by atoms with E-state index in [0.717, 1.165) is 35.6 Å². The van der Waals surface area contributed by atoms with Gasteiger partial charge in [-0.3, -0.25) is 4.98 Å². The number of aryl methyl sites for hydroxylation is 1. The third-order valence-corrected chi connectivity index (χ3v) is 5.81. The molecule has 1 aromatic carbocycles. The topological polar surface area (TPSA) is 50.3 Å². The van der Waals surface area contributed by atoms with E-state index in [2.05, 4.69) is 4.98 Å². The van der Waals surface area contributed by atoms with E-state index in [1.807, 2.05) is 13.0 Å². The van der Waals surface area contributed by atoms with Crippen molar-refractivity contribution < 1.29 is 8.42 Å². The lowest BCUT2D eigenvalue weighted by Gasteiger charge is -2.26. The van der Waals surface area contributed by atoms with Crippen molar-refractivity contribution in [3.8, 4) is 0 Å². The van der Waals surface area contributed by atoms with Gasteiger partial charge in [-0.15, -0.1) is 0 Å². The molecule has 4 nitrogen and oxygen atoms in total. The first-order valence-electron chi connectivity index (χ1n) is 6.94. The maximum atomic E-state index is 12.9. The second kappa shape index (κ2) is 5.14. The maximum Gasteiger partial charge on any atom is 0.243 e. The second-order valence-corrected chi connectivity index (χ2v) is 7.18. The van der Waals surface area contributed by atoms with Gasteiger partial charge in [0.05, 0.1) is 4.90 Å². The third kappa shape index (κ3) is 2.21. The SMILES string of the molecule is Cc1cncc2cccc(S(=O)(=O)N3CCCCC3)c12. The molecule has 3 rings (SSSR count). The molecule has 0 spiro atoms. The molecule has 1 fully saturated rings. The summed E-state index contributed by atoms with van der Waals surface area (Å²) in [5, 5.41) is 1.68. The number of rotatable bonds is 2. The molecule has 0 radical (unpaired) electrons. The molecule has 0 aliphatic carbocycles. The summed E-state index contributed by atoms with van der Waals surface area (Å²) in [5.74, 6) is 0. The molecule has 2 heterocycles. The van der Waals surface area contributed by atoms with Gasteiger partial charge in [-0.05, 0) is 31.4 Å². The Hall–Kier alpha value is -1.46. The Balaban J connectivity index is 2.18. The van der Waals surface area contributed by atoms with Crippen LogP contribution in [-0.4, -0.2) is 30.8 Å². The fourth-order valence-electron chi connectivity index (χ4n) is 2.83. The first-order valence-corrected chi connectivity index (χ1v) is 8.38. The molecule has 0 unspecified atom stereocenters. The summed E-state index contributed by atoms with van der Waals surface area (Å²) in [7, 11) is -3.41. The highest BCUT2D eigenvalue weighted by Crippen LogP contribution is 2.29. The number of hydrogen-bond donors (Lipinski definition) is 0. The van der Waals surface area contributed by atoms with Crippen LogP contribution in [0.25, 0.3) is 10.8 Å². The van der Waals surface area contributed by atoms with Gasteiger partial charge in [-0.1, -0.05) is 18.6 Å². The summed E-state index contributed by atoms with van der Waals surface area (Å²) in [5.41, 5.74) is 0.902. The van der Waals surface area contributed by atoms with E-state index in [0.29, 0.717) is 18.0 Å². The van der Waals surface area contributed by atoms with E-state index in [4.69, 9.17) is 0 Å². The fourth-order valence-corrected chi connectivity index (χ4v) is 4.64. The largest absolute Gasteiger partial charge is 0.264 e. The molecular formula is C15H18N2O2S. The van der Waals surface area contributed by atoms with Crippen LogP contribution in [0.1, 0.15) is 24.8 Å². The molecule has 1 aliphatic rings. The number of sulfonamides is 1. The Morgan fingerprint density at radius 1 is 1.10 bits per heavy atom. The summed E-state index contributed by atoms with van der Waals surface area (Å²) in [4.78, 5) is 4.55. The number of benzene rings is 1. The summed E-state index contributed by atoms with van der Waals surface area (Å²) in [6.45, 7) is 3.16. The van der Waals surface area contributed by atoms with Gasteiger partial charge in [0.1, 0.15) is 0 Å². The van der Waals surface area contributed by atoms with Crippen LogP contribution >= 0.6 is 0 Å². The molecule has 2 aromatic rings. The van der Waals surface area contributed by atoms with Gasteiger partial charge in [0.2, 0.25) is 10.0 Å². The smallest absolute Gasteiger partial charge is 0.243 e. The minimum Gasteiger partial charge on any atom is -0.264 e. The van der Waals surface area contributed by atoms with E-state index >= 15 is 0 Å². The number of fused-ring (bicyclic) bond motifs is 1. The van der Waals surface area contributed by atoms with Gasteiger partial charge in [0.15, 0.2) is 0 Å². The number of hydrogen-bond acceptors (Lipinski definition) is 3. The Bertz CT molecular complexity index is 729. The van der Waals surface area contributed by atoms with Crippen molar-refractivity contribution in [2.75, 3.05) is 13.1 Å². The third-order valence-electron chi connectivity index (χ3n) is 3.87. The second-order valence-electron chi connectivity index (χ2n) is 5.28. The maximum absolute atomic E-state index is 12.9. The lowest BCUT2D eigenvalue weighted by molar-refractivity contribution is 0.347. The zero-order valence-electron chi connectivity index (χ0n) is 11.5. The lowest BCUT2D eigenvalue weighted by Crippen LogP contribution is -2.35. The molecule has 0 atom stereocenters. The van der Waals surface area contributed by atoms with Crippen LogP contribution in [0.3, 0.4) is 0 Å². The first kappa shape index (κ1) is 13.5. The average molecular weight is 290 g/mol. The van der Waals surface area contributed by atoms with Crippen LogP contribution in [0.4, 0.5) is 0 Å². The van der Waals surface area contributed by atoms with E-state index in [-0.39, 0.29) is 0 Å². The Morgan fingerprint density at radius 2 is 1.85 bits per heavy atom. The van der Waals surface area contributed by atoms with Gasteiger partial charge in [-0.25, -0.2) is 8.42 Å². The van der Waals surface area contributed by atoms with E-state index in [9.17, 15) is 8.42 Å². The van der Waals surface area contributed by atoms with Crippen molar-refractivity contribution in [3.63, 3.8) is 0 Å². The Morgan fingerprint density at radius 3 is 2.60 bits per heavy atom. The fraction of sp³-hybridized carbons (Fsp3) is 0.400. The summed E-state index contributed by atoms with van der Waals surface area (Å²) in [6.07, 6.45) is 6.45. The summed E-state index contributed by atoms with van der Waals surface area (Å²) < 4.78 is 27.3. The minimum absolute atomic E-state index is 0.414. The highest BCUT2D eigenvalue weighted by atomic mass is 32.2. The number of piperidine rings is 1. The highest BCUT2D eigenvalue weighted by molar-refractivity contribution is 7.89. The zero-order chi connectivity index (χ0) is 14.2. The van der Waals surface area contributed by atoms with E-state index < -0.39 is 10.0 Å². The number of nitrogens with zero attached hydrogens (tertiary/aromatic N) is 2. The minimum atomic E-state index is -3.41. The Kier molecular flexibility index (Phi) is 3.48. The van der Waals surface area contributed by atoms with Crippen LogP contribution in [0, 0.1) is 6.92 Å². The molecule has 1 saturated heterocycles. The van der Waals surface area contributed by atoms with Crippen LogP contribution in [-0.2, 0) is 10.0 Å². The molecule has 0 amide bonds. The van der Waals surface area contributed by atoms with Crippen molar-refractivity contribution in [3.05, 3.63) is 36.2 Å². The van der Waals surface area contributed by atoms with Crippen LogP contribution in [0.5, 0.6) is 0 Å². The monoisotopic (exact) mass is 290 g/mol. The van der Waals surface area contributed by atoms with Gasteiger partial charge in [0, 0.05) is 36.3 Å². The first-order chi connectivity index (χ1) is 9.60. The van der Waals surface area contributed by atoms with E-state index in [1.165, 1.54) is 0 Å². The van der Waals surface area contributed by atoms with Gasteiger partial charge >= 0.3 is 0 Å². The van der Waals surface area contributed by atoms with Crippen molar-refractivity contribution in [2.24, 2.45) is 0 Å². The predicted molar refractivity (Wildman–Crippen MR) is 79.1 cm³/mol. The Labute approximate surface area is 119 Å². The molecule has 1 aromatic heterocycles. The lowest BCUT2D eigenvalue weighted by atomic mass is 10.1. The van der Waals surface area contributed by atoms with Crippen LogP contribution in [0.15, 0.2) is 35.5 Å². The van der Waals surface area contributed by atoms with Crippen molar-refractivity contribution >= 4 is 20.8 Å². The zero-order valence-corrected chi connectivity index (χ0v) is 12.4. The van der Waals surface area contributed by atoms with E-state index in [1.54, 1.807) is 28.8 Å². The van der Waals surface area contributed by atoms with Crippen molar-refractivity contribution in [1.82, 2.24) is 9.29 Å². The van der Waals surface area contributed by atoms with Crippen LogP contribution in [0.2, 0.25) is 0 Å². The van der Waals surface area contributed by atoms with Crippen LogP contribution < -0.4 is 0 Å². The quantitative estimate of drug-likeness (QED) is 0.854. The molecule has 1 aliphatic heterocycles. The van der Waals surface area contributed by atoms with Gasteiger partial charge in [0.25, 0.3) is 0 Å². The van der Waals surface area contributed by atoms with Gasteiger partial charge < -0.3 is 0 Å². The average Bonchev–Trinajstić information content (AvgIpc) is 2.48. The van der Waals surface area contributed by atoms with Gasteiger partial charge in [-0.2, -0.15) is 4.31 Å². The molecule has 106 valence electrons. The molecule has 20 heavy (non-hydrogen) atoms. The normalized spacial score (nSPS) is 17.4. The molecular weight excluding hydrogens is 272 g/mol. The van der Waals surface area contributed by atoms with Crippen molar-refractivity contribution in [2.45, 2.75) is 31.1 Å². The standard InChI is InChI=1S/C15H18N2O2S/c1-12-10-16-11-13-6-5-7-14(15(12)13)20(18,19)17-8-3-2-4-9-17/h5-7,10-11H,2-4,8-9H2,1H3. The molecule has 5 heteroatoms. The predicted octanol–water partition coefficient (Wildman–Crippen LogP) is 2.72. The number of aromatic nitrogens is 1. The molecule has 0 saturated carbocycles. The molecule has 0 bridgehead atoms. The summed E-state index contributed by atoms with van der Waals surface area (Å²) >= 11 is 0. The number of pyridine rings is 1. The van der Waals surface area contributed by atoms with Crippen molar-refractivity contribution in [1.29, 1.82) is 0 Å².